The number of carbonyl (C=O) groups excluding carboxylic acids is 2. The highest BCUT2D eigenvalue weighted by Crippen LogP contribution is 2.34. The van der Waals surface area contributed by atoms with Crippen molar-refractivity contribution in [2.75, 3.05) is 0 Å². The van der Waals surface area contributed by atoms with Crippen LogP contribution in [0, 0.1) is 0 Å². The van der Waals surface area contributed by atoms with Crippen LogP contribution in [0.2, 0.25) is 0 Å². The molecule has 0 bridgehead atoms. The zero-order valence-corrected chi connectivity index (χ0v) is 13.1. The third-order valence-electron chi connectivity index (χ3n) is 3.00. The highest BCUT2D eigenvalue weighted by Gasteiger charge is 2.37. The lowest BCUT2D eigenvalue weighted by Gasteiger charge is -2.19. The minimum Gasteiger partial charge on any atom is -0.268 e. The number of amides is 2. The van der Waals surface area contributed by atoms with E-state index < -0.39 is 0 Å². The van der Waals surface area contributed by atoms with Gasteiger partial charge in [-0.15, -0.1) is 0 Å². The Balaban J connectivity index is 2.28. The van der Waals surface area contributed by atoms with E-state index in [4.69, 9.17) is 0 Å². The van der Waals surface area contributed by atoms with Crippen molar-refractivity contribution in [1.82, 2.24) is 4.90 Å². The molecule has 100 valence electrons. The topological polar surface area (TPSA) is 37.4 Å². The molecular weight excluding hydrogens is 326 g/mol. The van der Waals surface area contributed by atoms with E-state index in [0.29, 0.717) is 4.91 Å². The van der Waals surface area contributed by atoms with Crippen molar-refractivity contribution in [3.8, 4) is 0 Å². The summed E-state index contributed by atoms with van der Waals surface area (Å²) in [5.41, 5.74) is 0.907. The van der Waals surface area contributed by atoms with Gasteiger partial charge in [-0.3, -0.25) is 14.5 Å². The van der Waals surface area contributed by atoms with Crippen molar-refractivity contribution >= 4 is 44.9 Å². The van der Waals surface area contributed by atoms with Crippen LogP contribution >= 0.6 is 27.7 Å². The van der Waals surface area contributed by atoms with Crippen molar-refractivity contribution in [2.24, 2.45) is 0 Å². The second-order valence-electron chi connectivity index (χ2n) is 4.36. The first-order valence-electron chi connectivity index (χ1n) is 6.05. The molecule has 3 nitrogen and oxygen atoms in total. The highest BCUT2D eigenvalue weighted by molar-refractivity contribution is 9.10. The minimum atomic E-state index is -0.190. The van der Waals surface area contributed by atoms with Crippen LogP contribution in [0.3, 0.4) is 0 Å². The Hall–Kier alpha value is -1.07. The van der Waals surface area contributed by atoms with Crippen LogP contribution in [0.4, 0.5) is 4.79 Å². The zero-order valence-electron chi connectivity index (χ0n) is 10.7. The summed E-state index contributed by atoms with van der Waals surface area (Å²) < 4.78 is 0.947. The summed E-state index contributed by atoms with van der Waals surface area (Å²) >= 11 is 4.40. The Labute approximate surface area is 125 Å². The van der Waals surface area contributed by atoms with Crippen LogP contribution in [0.15, 0.2) is 33.6 Å². The summed E-state index contributed by atoms with van der Waals surface area (Å²) in [5, 5.41) is -0.180. The molecule has 1 saturated heterocycles. The van der Waals surface area contributed by atoms with Crippen LogP contribution in [0.25, 0.3) is 6.08 Å². The molecular formula is C14H14BrNO2S. The monoisotopic (exact) mass is 339 g/mol. The van der Waals surface area contributed by atoms with E-state index in [-0.39, 0.29) is 17.2 Å². The standard InChI is InChI=1S/C14H14BrNO2S/c1-3-9(2)16-13(17)12(19-14(16)18)8-10-5-4-6-11(15)7-10/h4-9H,3H2,1-2H3/b12-8-/t9-/m0/s1. The average molecular weight is 340 g/mol. The van der Waals surface area contributed by atoms with E-state index >= 15 is 0 Å². The number of rotatable bonds is 3. The van der Waals surface area contributed by atoms with Crippen LogP contribution < -0.4 is 0 Å². The van der Waals surface area contributed by atoms with Gasteiger partial charge in [0.05, 0.1) is 4.91 Å². The number of carbonyl (C=O) groups is 2. The van der Waals surface area contributed by atoms with Gasteiger partial charge in [0, 0.05) is 10.5 Å². The molecule has 1 aliphatic rings. The Bertz CT molecular complexity index is 556. The molecule has 0 aliphatic carbocycles. The maximum Gasteiger partial charge on any atom is 0.293 e. The molecule has 1 aromatic carbocycles. The van der Waals surface area contributed by atoms with E-state index in [1.165, 1.54) is 4.90 Å². The molecule has 19 heavy (non-hydrogen) atoms. The van der Waals surface area contributed by atoms with Gasteiger partial charge in [-0.2, -0.15) is 0 Å². The average Bonchev–Trinajstić information content (AvgIpc) is 2.64. The van der Waals surface area contributed by atoms with Crippen molar-refractivity contribution in [3.05, 3.63) is 39.2 Å². The molecule has 1 aromatic rings. The largest absolute Gasteiger partial charge is 0.293 e. The van der Waals surface area contributed by atoms with Gasteiger partial charge in [0.1, 0.15) is 0 Å². The van der Waals surface area contributed by atoms with Crippen LogP contribution in [-0.4, -0.2) is 22.1 Å². The van der Waals surface area contributed by atoms with Gasteiger partial charge in [-0.25, -0.2) is 0 Å². The Kier molecular flexibility index (Phi) is 4.47. The predicted molar refractivity (Wildman–Crippen MR) is 81.7 cm³/mol. The second-order valence-corrected chi connectivity index (χ2v) is 6.27. The Morgan fingerprint density at radius 1 is 1.42 bits per heavy atom. The highest BCUT2D eigenvalue weighted by atomic mass is 79.9. The third kappa shape index (κ3) is 3.09. The van der Waals surface area contributed by atoms with Crippen molar-refractivity contribution in [3.63, 3.8) is 0 Å². The SMILES string of the molecule is CC[C@H](C)N1C(=O)S/C(=C\c2cccc(Br)c2)C1=O. The van der Waals surface area contributed by atoms with Gasteiger partial charge in [0.2, 0.25) is 0 Å². The van der Waals surface area contributed by atoms with Gasteiger partial charge in [-0.05, 0) is 48.9 Å². The summed E-state index contributed by atoms with van der Waals surface area (Å²) in [6.45, 7) is 3.85. The summed E-state index contributed by atoms with van der Waals surface area (Å²) in [5.74, 6) is -0.190. The van der Waals surface area contributed by atoms with Crippen molar-refractivity contribution in [2.45, 2.75) is 26.3 Å². The Morgan fingerprint density at radius 2 is 2.16 bits per heavy atom. The molecule has 1 heterocycles. The van der Waals surface area contributed by atoms with E-state index in [1.54, 1.807) is 6.08 Å². The molecule has 0 radical (unpaired) electrons. The summed E-state index contributed by atoms with van der Waals surface area (Å²) in [4.78, 5) is 25.9. The fraction of sp³-hybridized carbons (Fsp3) is 0.286. The normalized spacial score (nSPS) is 19.3. The van der Waals surface area contributed by atoms with Crippen LogP contribution in [-0.2, 0) is 4.79 Å². The quantitative estimate of drug-likeness (QED) is 0.771. The molecule has 2 rings (SSSR count). The summed E-state index contributed by atoms with van der Waals surface area (Å²) in [6.07, 6.45) is 2.53. The fourth-order valence-corrected chi connectivity index (χ4v) is 3.14. The number of hydrogen-bond donors (Lipinski definition) is 0. The van der Waals surface area contributed by atoms with Crippen LogP contribution in [0.1, 0.15) is 25.8 Å². The minimum absolute atomic E-state index is 0.0547. The maximum absolute atomic E-state index is 12.2. The molecule has 0 spiro atoms. The van der Waals surface area contributed by atoms with Gasteiger partial charge in [0.15, 0.2) is 0 Å². The van der Waals surface area contributed by atoms with E-state index in [9.17, 15) is 9.59 Å². The van der Waals surface area contributed by atoms with E-state index in [0.717, 1.165) is 28.2 Å². The van der Waals surface area contributed by atoms with Gasteiger partial charge >= 0.3 is 0 Å². The molecule has 5 heteroatoms. The van der Waals surface area contributed by atoms with E-state index in [2.05, 4.69) is 15.9 Å². The summed E-state index contributed by atoms with van der Waals surface area (Å²) in [6, 6.07) is 7.58. The number of benzene rings is 1. The summed E-state index contributed by atoms with van der Waals surface area (Å²) in [7, 11) is 0. The number of halogens is 1. The van der Waals surface area contributed by atoms with Gasteiger partial charge in [-0.1, -0.05) is 35.0 Å². The molecule has 0 unspecified atom stereocenters. The first-order valence-corrected chi connectivity index (χ1v) is 7.66. The predicted octanol–water partition coefficient (Wildman–Crippen LogP) is 4.28. The van der Waals surface area contributed by atoms with Gasteiger partial charge in [0.25, 0.3) is 11.1 Å². The molecule has 0 saturated carbocycles. The van der Waals surface area contributed by atoms with Crippen molar-refractivity contribution in [1.29, 1.82) is 0 Å². The first kappa shape index (κ1) is 14.3. The molecule has 1 fully saturated rings. The molecule has 1 aliphatic heterocycles. The molecule has 0 N–H and O–H groups in total. The lowest BCUT2D eigenvalue weighted by Crippen LogP contribution is -2.36. The van der Waals surface area contributed by atoms with E-state index in [1.807, 2.05) is 38.1 Å². The van der Waals surface area contributed by atoms with Gasteiger partial charge < -0.3 is 0 Å². The lowest BCUT2D eigenvalue weighted by molar-refractivity contribution is -0.124. The first-order chi connectivity index (χ1) is 9.02. The third-order valence-corrected chi connectivity index (χ3v) is 4.38. The number of nitrogens with zero attached hydrogens (tertiary/aromatic N) is 1. The van der Waals surface area contributed by atoms with Crippen molar-refractivity contribution < 1.29 is 9.59 Å². The Morgan fingerprint density at radius 3 is 2.79 bits per heavy atom. The smallest absolute Gasteiger partial charge is 0.268 e. The maximum atomic E-state index is 12.2. The lowest BCUT2D eigenvalue weighted by atomic mass is 10.2. The number of imide groups is 1. The van der Waals surface area contributed by atoms with Crippen LogP contribution in [0.5, 0.6) is 0 Å². The molecule has 1 atom stereocenters. The molecule has 0 aromatic heterocycles. The zero-order chi connectivity index (χ0) is 14.0. The number of thioether (sulfide) groups is 1. The fourth-order valence-electron chi connectivity index (χ4n) is 1.79. The molecule has 2 amide bonds. The second kappa shape index (κ2) is 5.92. The number of hydrogen-bond acceptors (Lipinski definition) is 3.